The van der Waals surface area contributed by atoms with Crippen molar-refractivity contribution in [2.45, 2.75) is 58.2 Å². The zero-order valence-electron chi connectivity index (χ0n) is 12.3. The maximum absolute atomic E-state index is 10.3. The van der Waals surface area contributed by atoms with Gasteiger partial charge in [0, 0.05) is 12.1 Å². The third-order valence-corrected chi connectivity index (χ3v) is 4.09. The fourth-order valence-corrected chi connectivity index (χ4v) is 2.87. The van der Waals surface area contributed by atoms with Crippen LogP contribution in [0.25, 0.3) is 0 Å². The van der Waals surface area contributed by atoms with Gasteiger partial charge < -0.3 is 10.4 Å². The van der Waals surface area contributed by atoms with Gasteiger partial charge in [-0.25, -0.2) is 0 Å². The van der Waals surface area contributed by atoms with Gasteiger partial charge in [-0.3, -0.25) is 0 Å². The quantitative estimate of drug-likeness (QED) is 0.787. The molecule has 0 aromatic heterocycles. The lowest BCUT2D eigenvalue weighted by molar-refractivity contribution is 0.147. The van der Waals surface area contributed by atoms with Crippen molar-refractivity contribution in [3.8, 4) is 0 Å². The van der Waals surface area contributed by atoms with Crippen molar-refractivity contribution < 1.29 is 5.11 Å². The Morgan fingerprint density at radius 3 is 2.32 bits per heavy atom. The molecule has 1 aliphatic rings. The Bertz CT molecular complexity index is 370. The molecule has 3 unspecified atom stereocenters. The molecule has 0 spiro atoms. The number of aliphatic hydroxyl groups is 1. The molecule has 1 aliphatic carbocycles. The van der Waals surface area contributed by atoms with Crippen LogP contribution < -0.4 is 5.32 Å². The van der Waals surface area contributed by atoms with Gasteiger partial charge in [0.05, 0.1) is 6.10 Å². The van der Waals surface area contributed by atoms with E-state index in [-0.39, 0.29) is 6.10 Å². The average Bonchev–Trinajstić information content (AvgIpc) is 3.21. The Balaban J connectivity index is 1.84. The second-order valence-corrected chi connectivity index (χ2v) is 6.34. The van der Waals surface area contributed by atoms with Gasteiger partial charge in [-0.15, -0.1) is 0 Å². The smallest absolute Gasteiger partial charge is 0.0804 e. The Labute approximate surface area is 117 Å². The summed E-state index contributed by atoms with van der Waals surface area (Å²) in [5, 5.41) is 14.0. The van der Waals surface area contributed by atoms with E-state index in [2.05, 4.69) is 26.1 Å². The third kappa shape index (κ3) is 4.32. The van der Waals surface area contributed by atoms with Gasteiger partial charge in [-0.05, 0) is 43.6 Å². The van der Waals surface area contributed by atoms with Gasteiger partial charge >= 0.3 is 0 Å². The molecular weight excluding hydrogens is 234 g/mol. The van der Waals surface area contributed by atoms with Crippen molar-refractivity contribution in [1.82, 2.24) is 5.32 Å². The first-order chi connectivity index (χ1) is 9.08. The first kappa shape index (κ1) is 14.5. The predicted molar refractivity (Wildman–Crippen MR) is 80.0 cm³/mol. The molecule has 0 amide bonds. The van der Waals surface area contributed by atoms with Crippen LogP contribution in [0.15, 0.2) is 30.3 Å². The summed E-state index contributed by atoms with van der Waals surface area (Å²) in [5.74, 6) is 1.53. The van der Waals surface area contributed by atoms with Crippen LogP contribution in [0.1, 0.15) is 51.7 Å². The highest BCUT2D eigenvalue weighted by atomic mass is 16.3. The summed E-state index contributed by atoms with van der Waals surface area (Å²) in [6.45, 7) is 6.76. The molecule has 2 heteroatoms. The molecule has 0 aliphatic heterocycles. The van der Waals surface area contributed by atoms with Gasteiger partial charge in [-0.1, -0.05) is 44.2 Å². The van der Waals surface area contributed by atoms with E-state index in [4.69, 9.17) is 0 Å². The van der Waals surface area contributed by atoms with Gasteiger partial charge in [0.15, 0.2) is 0 Å². The molecule has 19 heavy (non-hydrogen) atoms. The Hall–Kier alpha value is -0.860. The largest absolute Gasteiger partial charge is 0.388 e. The summed E-state index contributed by atoms with van der Waals surface area (Å²) in [6.07, 6.45) is 3.14. The van der Waals surface area contributed by atoms with Crippen molar-refractivity contribution in [2.24, 2.45) is 11.8 Å². The van der Waals surface area contributed by atoms with E-state index in [0.29, 0.717) is 18.0 Å². The first-order valence-corrected chi connectivity index (χ1v) is 7.57. The molecule has 0 saturated heterocycles. The van der Waals surface area contributed by atoms with Crippen molar-refractivity contribution in [3.05, 3.63) is 35.9 Å². The van der Waals surface area contributed by atoms with Crippen molar-refractivity contribution >= 4 is 0 Å². The molecule has 2 rings (SSSR count). The van der Waals surface area contributed by atoms with E-state index in [1.165, 1.54) is 12.8 Å². The Kier molecular flexibility index (Phi) is 5.00. The summed E-state index contributed by atoms with van der Waals surface area (Å²) in [6, 6.07) is 10.9. The number of nitrogens with one attached hydrogen (secondary N) is 1. The van der Waals surface area contributed by atoms with Crippen LogP contribution in [0.3, 0.4) is 0 Å². The molecule has 1 fully saturated rings. The normalized spacial score (nSPS) is 20.3. The molecule has 0 heterocycles. The van der Waals surface area contributed by atoms with Crippen molar-refractivity contribution in [2.75, 3.05) is 0 Å². The fraction of sp³-hybridized carbons (Fsp3) is 0.647. The van der Waals surface area contributed by atoms with Crippen molar-refractivity contribution in [1.29, 1.82) is 0 Å². The van der Waals surface area contributed by atoms with E-state index < -0.39 is 0 Å². The fourth-order valence-electron chi connectivity index (χ4n) is 2.87. The average molecular weight is 261 g/mol. The van der Waals surface area contributed by atoms with Gasteiger partial charge in [-0.2, -0.15) is 0 Å². The zero-order valence-corrected chi connectivity index (χ0v) is 12.3. The maximum atomic E-state index is 10.3. The highest BCUT2D eigenvalue weighted by molar-refractivity contribution is 5.17. The van der Waals surface area contributed by atoms with E-state index >= 15 is 0 Å². The molecule has 2 N–H and O–H groups in total. The van der Waals surface area contributed by atoms with Crippen LogP contribution in [0, 0.1) is 11.8 Å². The second-order valence-electron chi connectivity index (χ2n) is 6.34. The third-order valence-electron chi connectivity index (χ3n) is 4.09. The highest BCUT2D eigenvalue weighted by Gasteiger charge is 2.33. The van der Waals surface area contributed by atoms with Crippen LogP contribution in [0.4, 0.5) is 0 Å². The van der Waals surface area contributed by atoms with Crippen molar-refractivity contribution in [3.63, 3.8) is 0 Å². The van der Waals surface area contributed by atoms with E-state index in [1.54, 1.807) is 0 Å². The molecule has 0 bridgehead atoms. The summed E-state index contributed by atoms with van der Waals surface area (Å²) in [7, 11) is 0. The monoisotopic (exact) mass is 261 g/mol. The maximum Gasteiger partial charge on any atom is 0.0804 e. The zero-order chi connectivity index (χ0) is 13.8. The Morgan fingerprint density at radius 1 is 1.16 bits per heavy atom. The molecule has 1 aromatic carbocycles. The van der Waals surface area contributed by atoms with E-state index in [0.717, 1.165) is 17.9 Å². The molecule has 1 saturated carbocycles. The minimum Gasteiger partial charge on any atom is -0.388 e. The lowest BCUT2D eigenvalue weighted by atomic mass is 9.96. The van der Waals surface area contributed by atoms with E-state index in [9.17, 15) is 5.11 Å². The molecule has 2 nitrogen and oxygen atoms in total. The topological polar surface area (TPSA) is 32.3 Å². The number of hydrogen-bond donors (Lipinski definition) is 2. The van der Waals surface area contributed by atoms with Crippen LogP contribution in [0.5, 0.6) is 0 Å². The number of benzene rings is 1. The predicted octanol–water partition coefficient (Wildman–Crippen LogP) is 3.52. The Morgan fingerprint density at radius 2 is 1.79 bits per heavy atom. The second kappa shape index (κ2) is 6.53. The lowest BCUT2D eigenvalue weighted by Crippen LogP contribution is -2.42. The number of hydrogen-bond acceptors (Lipinski definition) is 2. The minimum atomic E-state index is -0.365. The van der Waals surface area contributed by atoms with Gasteiger partial charge in [0.25, 0.3) is 0 Å². The summed E-state index contributed by atoms with van der Waals surface area (Å²) < 4.78 is 0. The molecule has 1 aromatic rings. The number of rotatable bonds is 7. The van der Waals surface area contributed by atoms with Crippen LogP contribution in [-0.2, 0) is 0 Å². The van der Waals surface area contributed by atoms with Crippen LogP contribution >= 0.6 is 0 Å². The molecule has 3 atom stereocenters. The lowest BCUT2D eigenvalue weighted by Gasteiger charge is -2.27. The first-order valence-electron chi connectivity index (χ1n) is 7.57. The highest BCUT2D eigenvalue weighted by Crippen LogP contribution is 2.36. The van der Waals surface area contributed by atoms with E-state index in [1.807, 2.05) is 30.3 Å². The summed E-state index contributed by atoms with van der Waals surface area (Å²) in [4.78, 5) is 0. The van der Waals surface area contributed by atoms with Gasteiger partial charge in [0.1, 0.15) is 0 Å². The standard InChI is InChI=1S/C17H27NO/c1-12(2)17(15-9-10-15)18-13(3)11-16(19)14-7-5-4-6-8-14/h4-8,12-13,15-19H,9-11H2,1-3H3. The number of aliphatic hydroxyl groups excluding tert-OH is 1. The van der Waals surface area contributed by atoms with Crippen LogP contribution in [0.2, 0.25) is 0 Å². The molecular formula is C17H27NO. The summed E-state index contributed by atoms with van der Waals surface area (Å²) >= 11 is 0. The SMILES string of the molecule is CC(CC(O)c1ccccc1)NC(C(C)C)C1CC1. The molecule has 0 radical (unpaired) electrons. The van der Waals surface area contributed by atoms with Crippen LogP contribution in [-0.4, -0.2) is 17.2 Å². The molecule has 106 valence electrons. The minimum absolute atomic E-state index is 0.350. The summed E-state index contributed by atoms with van der Waals surface area (Å²) in [5.41, 5.74) is 1.02. The van der Waals surface area contributed by atoms with Gasteiger partial charge in [0.2, 0.25) is 0 Å².